The smallest absolute Gasteiger partial charge is 0.222 e. The Hall–Kier alpha value is -0.610. The van der Waals surface area contributed by atoms with E-state index in [1.165, 1.54) is 32.1 Å². The first-order valence-electron chi connectivity index (χ1n) is 7.24. The Labute approximate surface area is 111 Å². The third-order valence-corrected chi connectivity index (χ3v) is 3.60. The minimum absolute atomic E-state index is 0.0664. The van der Waals surface area contributed by atoms with E-state index in [2.05, 4.69) is 5.32 Å². The van der Waals surface area contributed by atoms with Gasteiger partial charge in [-0.2, -0.15) is 0 Å². The SMILES string of the molecule is CC(C)OCCC(=O)NC(CN)C1CCCCC1. The summed E-state index contributed by atoms with van der Waals surface area (Å²) in [5.41, 5.74) is 5.78. The fraction of sp³-hybridized carbons (Fsp3) is 0.929. The zero-order valence-electron chi connectivity index (χ0n) is 11.8. The molecule has 1 saturated carbocycles. The molecule has 4 nitrogen and oxygen atoms in total. The summed E-state index contributed by atoms with van der Waals surface area (Å²) in [5, 5.41) is 3.07. The van der Waals surface area contributed by atoms with Crippen molar-refractivity contribution in [2.45, 2.75) is 64.5 Å². The van der Waals surface area contributed by atoms with Crippen molar-refractivity contribution in [3.63, 3.8) is 0 Å². The van der Waals surface area contributed by atoms with Crippen molar-refractivity contribution in [1.29, 1.82) is 0 Å². The van der Waals surface area contributed by atoms with Crippen molar-refractivity contribution in [3.05, 3.63) is 0 Å². The van der Waals surface area contributed by atoms with Gasteiger partial charge in [-0.1, -0.05) is 19.3 Å². The Morgan fingerprint density at radius 2 is 2.00 bits per heavy atom. The minimum Gasteiger partial charge on any atom is -0.378 e. The van der Waals surface area contributed by atoms with Gasteiger partial charge in [-0.25, -0.2) is 0 Å². The van der Waals surface area contributed by atoms with E-state index in [9.17, 15) is 4.79 Å². The van der Waals surface area contributed by atoms with Crippen LogP contribution in [0.5, 0.6) is 0 Å². The maximum Gasteiger partial charge on any atom is 0.222 e. The Morgan fingerprint density at radius 3 is 2.56 bits per heavy atom. The number of carbonyl (C=O) groups excluding carboxylic acids is 1. The van der Waals surface area contributed by atoms with E-state index in [4.69, 9.17) is 10.5 Å². The molecule has 1 atom stereocenters. The molecule has 3 N–H and O–H groups in total. The highest BCUT2D eigenvalue weighted by Gasteiger charge is 2.23. The van der Waals surface area contributed by atoms with Crippen LogP contribution in [0.4, 0.5) is 0 Å². The summed E-state index contributed by atoms with van der Waals surface area (Å²) in [7, 11) is 0. The summed E-state index contributed by atoms with van der Waals surface area (Å²) in [6.07, 6.45) is 6.88. The van der Waals surface area contributed by atoms with Crippen LogP contribution in [0, 0.1) is 5.92 Å². The van der Waals surface area contributed by atoms with Crippen LogP contribution in [-0.4, -0.2) is 31.2 Å². The van der Waals surface area contributed by atoms with Crippen LogP contribution in [0.2, 0.25) is 0 Å². The Morgan fingerprint density at radius 1 is 1.33 bits per heavy atom. The van der Waals surface area contributed by atoms with Crippen molar-refractivity contribution in [2.75, 3.05) is 13.2 Å². The predicted octanol–water partition coefficient (Wildman–Crippen LogP) is 1.83. The van der Waals surface area contributed by atoms with Crippen LogP contribution in [0.3, 0.4) is 0 Å². The number of nitrogens with two attached hydrogens (primary N) is 1. The number of nitrogens with one attached hydrogen (secondary N) is 1. The van der Waals surface area contributed by atoms with Gasteiger partial charge in [0.2, 0.25) is 5.91 Å². The number of hydrogen-bond donors (Lipinski definition) is 2. The van der Waals surface area contributed by atoms with Crippen LogP contribution in [0.25, 0.3) is 0 Å². The lowest BCUT2D eigenvalue weighted by molar-refractivity contribution is -0.123. The second-order valence-corrected chi connectivity index (χ2v) is 5.48. The standard InChI is InChI=1S/C14H28N2O2/c1-11(2)18-9-8-14(17)16-13(10-15)12-6-4-3-5-7-12/h11-13H,3-10,15H2,1-2H3,(H,16,17). The number of amides is 1. The maximum absolute atomic E-state index is 11.8. The van der Waals surface area contributed by atoms with Crippen LogP contribution in [-0.2, 0) is 9.53 Å². The molecule has 0 aliphatic heterocycles. The summed E-state index contributed by atoms with van der Waals surface area (Å²) >= 11 is 0. The van der Waals surface area contributed by atoms with Crippen LogP contribution in [0.1, 0.15) is 52.4 Å². The lowest BCUT2D eigenvalue weighted by atomic mass is 9.84. The number of hydrogen-bond acceptors (Lipinski definition) is 3. The molecule has 0 aromatic carbocycles. The van der Waals surface area contributed by atoms with Gasteiger partial charge < -0.3 is 15.8 Å². The van der Waals surface area contributed by atoms with E-state index < -0.39 is 0 Å². The van der Waals surface area contributed by atoms with E-state index in [0.717, 1.165) is 0 Å². The van der Waals surface area contributed by atoms with Gasteiger partial charge in [0, 0.05) is 19.0 Å². The van der Waals surface area contributed by atoms with E-state index in [1.54, 1.807) is 0 Å². The summed E-state index contributed by atoms with van der Waals surface area (Å²) < 4.78 is 5.38. The van der Waals surface area contributed by atoms with Crippen LogP contribution >= 0.6 is 0 Å². The monoisotopic (exact) mass is 256 g/mol. The highest BCUT2D eigenvalue weighted by atomic mass is 16.5. The molecular weight excluding hydrogens is 228 g/mol. The van der Waals surface area contributed by atoms with Gasteiger partial charge in [0.1, 0.15) is 0 Å². The average molecular weight is 256 g/mol. The molecule has 1 amide bonds. The highest BCUT2D eigenvalue weighted by molar-refractivity contribution is 5.76. The fourth-order valence-corrected chi connectivity index (χ4v) is 2.57. The topological polar surface area (TPSA) is 64.3 Å². The second kappa shape index (κ2) is 8.48. The Balaban J connectivity index is 2.26. The lowest BCUT2D eigenvalue weighted by Gasteiger charge is -2.30. The third-order valence-electron chi connectivity index (χ3n) is 3.60. The molecule has 4 heteroatoms. The second-order valence-electron chi connectivity index (χ2n) is 5.48. The van der Waals surface area contributed by atoms with Crippen LogP contribution in [0.15, 0.2) is 0 Å². The molecule has 0 aromatic rings. The number of ether oxygens (including phenoxy) is 1. The van der Waals surface area contributed by atoms with E-state index in [1.807, 2.05) is 13.8 Å². The minimum atomic E-state index is 0.0664. The van der Waals surface area contributed by atoms with Gasteiger partial charge in [0.25, 0.3) is 0 Å². The summed E-state index contributed by atoms with van der Waals surface area (Å²) in [4.78, 5) is 11.8. The van der Waals surface area contributed by atoms with Crippen molar-refractivity contribution in [2.24, 2.45) is 11.7 Å². The first-order valence-corrected chi connectivity index (χ1v) is 7.24. The maximum atomic E-state index is 11.8. The molecule has 0 bridgehead atoms. The van der Waals surface area contributed by atoms with Gasteiger partial charge in [-0.15, -0.1) is 0 Å². The first-order chi connectivity index (χ1) is 8.63. The largest absolute Gasteiger partial charge is 0.378 e. The van der Waals surface area contributed by atoms with Gasteiger partial charge in [-0.05, 0) is 32.6 Å². The van der Waals surface area contributed by atoms with Crippen LogP contribution < -0.4 is 11.1 Å². The van der Waals surface area contributed by atoms with Gasteiger partial charge in [0.05, 0.1) is 12.7 Å². The van der Waals surface area contributed by atoms with Gasteiger partial charge >= 0.3 is 0 Å². The van der Waals surface area contributed by atoms with Gasteiger partial charge in [-0.3, -0.25) is 4.79 Å². The molecule has 0 saturated heterocycles. The summed E-state index contributed by atoms with van der Waals surface area (Å²) in [6, 6.07) is 0.150. The van der Waals surface area contributed by atoms with E-state index >= 15 is 0 Å². The lowest BCUT2D eigenvalue weighted by Crippen LogP contribution is -2.46. The highest BCUT2D eigenvalue weighted by Crippen LogP contribution is 2.26. The molecule has 18 heavy (non-hydrogen) atoms. The molecule has 0 radical (unpaired) electrons. The molecule has 1 aliphatic rings. The normalized spacial score (nSPS) is 18.9. The molecule has 1 aliphatic carbocycles. The molecular formula is C14H28N2O2. The Bertz CT molecular complexity index is 238. The zero-order valence-corrected chi connectivity index (χ0v) is 11.8. The quantitative estimate of drug-likeness (QED) is 0.730. The van der Waals surface area contributed by atoms with Crippen molar-refractivity contribution in [3.8, 4) is 0 Å². The van der Waals surface area contributed by atoms with E-state index in [0.29, 0.717) is 25.5 Å². The van der Waals surface area contributed by atoms with E-state index in [-0.39, 0.29) is 18.1 Å². The molecule has 0 spiro atoms. The third kappa shape index (κ3) is 5.83. The zero-order chi connectivity index (χ0) is 13.4. The molecule has 106 valence electrons. The Kier molecular flexibility index (Phi) is 7.28. The molecule has 0 heterocycles. The fourth-order valence-electron chi connectivity index (χ4n) is 2.57. The average Bonchev–Trinajstić information content (AvgIpc) is 2.36. The van der Waals surface area contributed by atoms with Crippen molar-refractivity contribution in [1.82, 2.24) is 5.32 Å². The molecule has 0 aromatic heterocycles. The first kappa shape index (κ1) is 15.4. The van der Waals surface area contributed by atoms with Crippen molar-refractivity contribution < 1.29 is 9.53 Å². The predicted molar refractivity (Wildman–Crippen MR) is 73.3 cm³/mol. The van der Waals surface area contributed by atoms with Gasteiger partial charge in [0.15, 0.2) is 0 Å². The molecule has 1 rings (SSSR count). The summed E-state index contributed by atoms with van der Waals surface area (Å²) in [6.45, 7) is 4.98. The number of carbonyl (C=O) groups is 1. The summed E-state index contributed by atoms with van der Waals surface area (Å²) in [5.74, 6) is 0.635. The number of rotatable bonds is 7. The molecule has 1 unspecified atom stereocenters. The van der Waals surface area contributed by atoms with Crippen molar-refractivity contribution >= 4 is 5.91 Å². The molecule has 1 fully saturated rings.